The molecule has 112 valence electrons. The first-order valence-corrected chi connectivity index (χ1v) is 10.0. The highest BCUT2D eigenvalue weighted by molar-refractivity contribution is 9.11. The summed E-state index contributed by atoms with van der Waals surface area (Å²) in [6.07, 6.45) is 0. The van der Waals surface area contributed by atoms with Crippen LogP contribution in [0, 0.1) is 0 Å². The quantitative estimate of drug-likeness (QED) is 0.536. The standard InChI is InChI=1S/C12H7Br4NO3S/c13-6-1-2-10(8(15)3-6)17-21(19,20)11-5-7(14)4-9(16)12(11)18/h1-5,17-18H. The number of hydrogen-bond donors (Lipinski definition) is 2. The van der Waals surface area contributed by atoms with E-state index in [4.69, 9.17) is 0 Å². The minimum absolute atomic E-state index is 0.224. The Labute approximate surface area is 155 Å². The Morgan fingerprint density at radius 1 is 0.905 bits per heavy atom. The predicted octanol–water partition coefficient (Wildman–Crippen LogP) is 5.24. The van der Waals surface area contributed by atoms with Gasteiger partial charge in [0.1, 0.15) is 10.6 Å². The summed E-state index contributed by atoms with van der Waals surface area (Å²) in [5.41, 5.74) is 0.369. The molecule has 0 amide bonds. The minimum Gasteiger partial charge on any atom is -0.505 e. The molecular formula is C12H7Br4NO3S. The summed E-state index contributed by atoms with van der Waals surface area (Å²) in [5.74, 6) is -0.348. The van der Waals surface area contributed by atoms with Crippen molar-refractivity contribution in [3.63, 3.8) is 0 Å². The fraction of sp³-hybridized carbons (Fsp3) is 0. The number of nitrogens with one attached hydrogen (secondary N) is 1. The molecule has 0 atom stereocenters. The van der Waals surface area contributed by atoms with Crippen LogP contribution in [-0.4, -0.2) is 13.5 Å². The fourth-order valence-corrected chi connectivity index (χ4v) is 5.53. The summed E-state index contributed by atoms with van der Waals surface area (Å²) in [4.78, 5) is -0.224. The molecule has 0 bridgehead atoms. The largest absolute Gasteiger partial charge is 0.505 e. The molecule has 0 saturated carbocycles. The number of benzene rings is 2. The summed E-state index contributed by atoms with van der Waals surface area (Å²) in [6.45, 7) is 0. The third-order valence-corrected chi connectivity index (χ3v) is 6.05. The van der Waals surface area contributed by atoms with E-state index >= 15 is 0 Å². The molecule has 0 aliphatic rings. The van der Waals surface area contributed by atoms with Gasteiger partial charge in [0.05, 0.1) is 10.2 Å². The second-order valence-electron chi connectivity index (χ2n) is 3.96. The van der Waals surface area contributed by atoms with Crippen LogP contribution in [0.15, 0.2) is 53.1 Å². The minimum atomic E-state index is -3.93. The van der Waals surface area contributed by atoms with Gasteiger partial charge >= 0.3 is 0 Å². The normalized spacial score (nSPS) is 11.4. The number of phenols is 1. The molecule has 2 aromatic rings. The summed E-state index contributed by atoms with van der Waals surface area (Å²) in [7, 11) is -3.93. The van der Waals surface area contributed by atoms with Gasteiger partial charge in [-0.05, 0) is 62.2 Å². The first-order chi connectivity index (χ1) is 9.70. The summed E-state index contributed by atoms with van der Waals surface area (Å²) in [6, 6.07) is 7.92. The monoisotopic (exact) mass is 561 g/mol. The van der Waals surface area contributed by atoms with Gasteiger partial charge in [0.2, 0.25) is 0 Å². The van der Waals surface area contributed by atoms with Crippen molar-refractivity contribution in [3.05, 3.63) is 48.2 Å². The van der Waals surface area contributed by atoms with E-state index in [9.17, 15) is 13.5 Å². The van der Waals surface area contributed by atoms with Gasteiger partial charge in [0, 0.05) is 13.4 Å². The molecule has 2 N–H and O–H groups in total. The van der Waals surface area contributed by atoms with Crippen LogP contribution in [0.25, 0.3) is 0 Å². The first kappa shape index (κ1) is 17.3. The third kappa shape index (κ3) is 4.01. The van der Waals surface area contributed by atoms with Crippen molar-refractivity contribution in [2.75, 3.05) is 4.72 Å². The number of hydrogen-bond acceptors (Lipinski definition) is 3. The Bertz CT molecular complexity index is 808. The average molecular weight is 565 g/mol. The van der Waals surface area contributed by atoms with Gasteiger partial charge in [-0.3, -0.25) is 4.72 Å². The summed E-state index contributed by atoms with van der Waals surface area (Å²) in [5, 5.41) is 9.94. The van der Waals surface area contributed by atoms with Crippen LogP contribution in [-0.2, 0) is 10.0 Å². The van der Waals surface area contributed by atoms with E-state index in [0.29, 0.717) is 14.6 Å². The van der Waals surface area contributed by atoms with Gasteiger partial charge in [-0.1, -0.05) is 31.9 Å². The molecule has 0 aliphatic heterocycles. The van der Waals surface area contributed by atoms with Crippen molar-refractivity contribution in [1.82, 2.24) is 0 Å². The second kappa shape index (κ2) is 6.57. The van der Waals surface area contributed by atoms with Crippen LogP contribution in [0.2, 0.25) is 0 Å². The number of rotatable bonds is 3. The van der Waals surface area contributed by atoms with Gasteiger partial charge in [0.25, 0.3) is 10.0 Å². The van der Waals surface area contributed by atoms with E-state index in [1.54, 1.807) is 24.3 Å². The SMILES string of the molecule is O=S(=O)(Nc1ccc(Br)cc1Br)c1cc(Br)cc(Br)c1O. The van der Waals surface area contributed by atoms with E-state index in [-0.39, 0.29) is 15.1 Å². The number of halogens is 4. The summed E-state index contributed by atoms with van der Waals surface area (Å²) < 4.78 is 29.5. The van der Waals surface area contributed by atoms with E-state index in [0.717, 1.165) is 4.47 Å². The highest BCUT2D eigenvalue weighted by atomic mass is 79.9. The zero-order chi connectivity index (χ0) is 15.8. The van der Waals surface area contributed by atoms with Gasteiger partial charge < -0.3 is 5.11 Å². The molecule has 4 nitrogen and oxygen atoms in total. The lowest BCUT2D eigenvalue weighted by molar-refractivity contribution is 0.455. The second-order valence-corrected chi connectivity index (χ2v) is 9.15. The van der Waals surface area contributed by atoms with Crippen LogP contribution in [0.4, 0.5) is 5.69 Å². The fourth-order valence-electron chi connectivity index (χ4n) is 1.52. The molecule has 2 aromatic carbocycles. The van der Waals surface area contributed by atoms with Gasteiger partial charge in [-0.15, -0.1) is 0 Å². The molecule has 0 aromatic heterocycles. The number of phenolic OH excluding ortho intramolecular Hbond substituents is 1. The maximum absolute atomic E-state index is 12.4. The number of sulfonamides is 1. The Kier molecular flexibility index (Phi) is 5.40. The highest BCUT2D eigenvalue weighted by Crippen LogP contribution is 2.36. The molecule has 21 heavy (non-hydrogen) atoms. The van der Waals surface area contributed by atoms with Crippen molar-refractivity contribution in [3.8, 4) is 5.75 Å². The Hall–Kier alpha value is -0.0900. The van der Waals surface area contributed by atoms with Crippen LogP contribution in [0.5, 0.6) is 5.75 Å². The molecule has 9 heteroatoms. The third-order valence-electron chi connectivity index (χ3n) is 2.46. The van der Waals surface area contributed by atoms with Crippen LogP contribution >= 0.6 is 63.7 Å². The molecular weight excluding hydrogens is 558 g/mol. The Morgan fingerprint density at radius 2 is 1.52 bits per heavy atom. The van der Waals surface area contributed by atoms with Crippen molar-refractivity contribution in [1.29, 1.82) is 0 Å². The molecule has 0 fully saturated rings. The summed E-state index contributed by atoms with van der Waals surface area (Å²) >= 11 is 12.9. The number of aromatic hydroxyl groups is 1. The molecule has 0 heterocycles. The van der Waals surface area contributed by atoms with Crippen LogP contribution in [0.1, 0.15) is 0 Å². The molecule has 0 saturated heterocycles. The van der Waals surface area contributed by atoms with Crippen LogP contribution in [0.3, 0.4) is 0 Å². The zero-order valence-corrected chi connectivity index (χ0v) is 17.2. The molecule has 0 spiro atoms. The molecule has 0 unspecified atom stereocenters. The maximum atomic E-state index is 12.4. The lowest BCUT2D eigenvalue weighted by atomic mass is 10.3. The lowest BCUT2D eigenvalue weighted by Gasteiger charge is -2.12. The molecule has 2 rings (SSSR count). The van der Waals surface area contributed by atoms with E-state index in [2.05, 4.69) is 68.4 Å². The topological polar surface area (TPSA) is 66.4 Å². The van der Waals surface area contributed by atoms with Crippen molar-refractivity contribution < 1.29 is 13.5 Å². The Morgan fingerprint density at radius 3 is 2.14 bits per heavy atom. The molecule has 0 aliphatic carbocycles. The van der Waals surface area contributed by atoms with Gasteiger partial charge in [-0.25, -0.2) is 8.42 Å². The molecule has 0 radical (unpaired) electrons. The zero-order valence-electron chi connectivity index (χ0n) is 10.1. The van der Waals surface area contributed by atoms with Crippen LogP contribution < -0.4 is 4.72 Å². The van der Waals surface area contributed by atoms with Crippen molar-refractivity contribution in [2.45, 2.75) is 4.90 Å². The van der Waals surface area contributed by atoms with E-state index in [1.165, 1.54) is 6.07 Å². The lowest BCUT2D eigenvalue weighted by Crippen LogP contribution is -2.13. The van der Waals surface area contributed by atoms with Gasteiger partial charge in [-0.2, -0.15) is 0 Å². The number of anilines is 1. The van der Waals surface area contributed by atoms with E-state index < -0.39 is 10.0 Å². The first-order valence-electron chi connectivity index (χ1n) is 5.36. The smallest absolute Gasteiger partial charge is 0.265 e. The van der Waals surface area contributed by atoms with Crippen molar-refractivity contribution >= 4 is 79.4 Å². The highest BCUT2D eigenvalue weighted by Gasteiger charge is 2.22. The van der Waals surface area contributed by atoms with Gasteiger partial charge in [0.15, 0.2) is 0 Å². The predicted molar refractivity (Wildman–Crippen MR) is 96.2 cm³/mol. The average Bonchev–Trinajstić information content (AvgIpc) is 2.37. The van der Waals surface area contributed by atoms with E-state index in [1.807, 2.05) is 0 Å². The Balaban J connectivity index is 2.48. The maximum Gasteiger partial charge on any atom is 0.265 e. The van der Waals surface area contributed by atoms with Crippen molar-refractivity contribution in [2.24, 2.45) is 0 Å².